The standard InChI is InChI=1S/C42H48ClN9O8S/c1-21(2)34(50-37(53)23(5)46)41(55)59-19-30(60-42(56)35(22(3)4)51-38(54)24(6)47)18-57-29-13-9-25(10-14-29)33-31(15-44)36(48)52-40(32(33)16-45)61-20-28-17-58-39(49-28)26-7-11-27(43)12-8-26/h7-14,17,21-24,30,34-35H,18-20,46-47H2,1-6H3,(H2,48,52)(H,50,53)(H,51,54)/t23-,24-,30-,34?,35?/m0/s1. The van der Waals surface area contributed by atoms with Crippen LogP contribution in [-0.2, 0) is 34.4 Å². The number of amides is 2. The average molecular weight is 874 g/mol. The van der Waals surface area contributed by atoms with Gasteiger partial charge in [0.2, 0.25) is 17.7 Å². The van der Waals surface area contributed by atoms with Crippen molar-refractivity contribution in [2.24, 2.45) is 23.3 Å². The van der Waals surface area contributed by atoms with E-state index in [9.17, 15) is 29.7 Å². The molecule has 0 saturated heterocycles. The van der Waals surface area contributed by atoms with Crippen molar-refractivity contribution in [2.45, 2.75) is 82.6 Å². The number of thioether (sulfide) groups is 1. The lowest BCUT2D eigenvalue weighted by molar-refractivity contribution is -0.165. The van der Waals surface area contributed by atoms with Gasteiger partial charge in [0, 0.05) is 21.9 Å². The van der Waals surface area contributed by atoms with Crippen LogP contribution in [0.5, 0.6) is 5.75 Å². The fourth-order valence-electron chi connectivity index (χ4n) is 5.52. The highest BCUT2D eigenvalue weighted by atomic mass is 35.5. The summed E-state index contributed by atoms with van der Waals surface area (Å²) in [4.78, 5) is 60.2. The number of carbonyl (C=O) groups excluding carboxylic acids is 4. The van der Waals surface area contributed by atoms with Crippen molar-refractivity contribution < 1.29 is 37.8 Å². The third-order valence-corrected chi connectivity index (χ3v) is 10.2. The molecular formula is C42H48ClN9O8S. The fraction of sp³-hybridized carbons (Fsp3) is 0.381. The van der Waals surface area contributed by atoms with Gasteiger partial charge < -0.3 is 46.5 Å². The molecule has 5 atom stereocenters. The second-order valence-corrected chi connectivity index (χ2v) is 16.1. The molecule has 4 aromatic rings. The maximum absolute atomic E-state index is 13.4. The van der Waals surface area contributed by atoms with Crippen molar-refractivity contribution in [1.82, 2.24) is 20.6 Å². The van der Waals surface area contributed by atoms with Crippen molar-refractivity contribution in [1.29, 1.82) is 10.5 Å². The lowest BCUT2D eigenvalue weighted by Crippen LogP contribution is -2.52. The van der Waals surface area contributed by atoms with E-state index < -0.39 is 66.5 Å². The van der Waals surface area contributed by atoms with Crippen LogP contribution in [0.25, 0.3) is 22.6 Å². The number of nitrogens with two attached hydrogens (primary N) is 3. The summed E-state index contributed by atoms with van der Waals surface area (Å²) in [6.07, 6.45) is 0.308. The molecule has 2 unspecified atom stereocenters. The highest BCUT2D eigenvalue weighted by Crippen LogP contribution is 2.37. The molecule has 2 amide bonds. The SMILES string of the molecule is CC(C)C(NC(=O)[C@H](C)N)C(=O)OC[C@H](COc1ccc(-c2c(C#N)c(N)nc(SCc3coc(-c4ccc(Cl)cc4)n3)c2C#N)cc1)OC(=O)C(NC(=O)[C@H](C)N)C(C)C. The van der Waals surface area contributed by atoms with E-state index in [4.69, 9.17) is 47.4 Å². The van der Waals surface area contributed by atoms with Crippen LogP contribution in [0.3, 0.4) is 0 Å². The number of carbonyl (C=O) groups is 4. The van der Waals surface area contributed by atoms with Gasteiger partial charge in [-0.25, -0.2) is 19.6 Å². The summed E-state index contributed by atoms with van der Waals surface area (Å²) in [6.45, 7) is 8.98. The van der Waals surface area contributed by atoms with Crippen molar-refractivity contribution >= 4 is 52.9 Å². The van der Waals surface area contributed by atoms with E-state index in [1.54, 1.807) is 76.2 Å². The number of halogens is 1. The van der Waals surface area contributed by atoms with Gasteiger partial charge in [-0.1, -0.05) is 63.2 Å². The minimum absolute atomic E-state index is 0.00228. The first kappa shape index (κ1) is 47.5. The maximum atomic E-state index is 13.4. The van der Waals surface area contributed by atoms with Gasteiger partial charge in [0.15, 0.2) is 6.10 Å². The molecule has 17 nitrogen and oxygen atoms in total. The summed E-state index contributed by atoms with van der Waals surface area (Å²) >= 11 is 7.19. The smallest absolute Gasteiger partial charge is 0.329 e. The Kier molecular flexibility index (Phi) is 17.0. The zero-order valence-corrected chi connectivity index (χ0v) is 36.0. The van der Waals surface area contributed by atoms with E-state index in [1.807, 2.05) is 0 Å². The molecule has 2 heterocycles. The van der Waals surface area contributed by atoms with E-state index in [0.717, 1.165) is 5.56 Å². The first-order chi connectivity index (χ1) is 28.9. The topological polar surface area (TPSA) is 285 Å². The Hall–Kier alpha value is -6.18. The zero-order chi connectivity index (χ0) is 45.0. The summed E-state index contributed by atoms with van der Waals surface area (Å²) in [5.41, 5.74) is 19.8. The lowest BCUT2D eigenvalue weighted by Gasteiger charge is -2.26. The number of anilines is 1. The van der Waals surface area contributed by atoms with Crippen molar-refractivity contribution in [3.63, 3.8) is 0 Å². The summed E-state index contributed by atoms with van der Waals surface area (Å²) in [5, 5.41) is 26.4. The minimum atomic E-state index is -1.19. The van der Waals surface area contributed by atoms with E-state index in [1.165, 1.54) is 31.9 Å². The second kappa shape index (κ2) is 21.9. The number of hydrogen-bond acceptors (Lipinski definition) is 16. The number of benzene rings is 2. The van der Waals surface area contributed by atoms with Crippen molar-refractivity contribution in [3.05, 3.63) is 76.6 Å². The number of pyridine rings is 1. The molecule has 0 aliphatic heterocycles. The van der Waals surface area contributed by atoms with Crippen molar-refractivity contribution in [3.8, 4) is 40.5 Å². The van der Waals surface area contributed by atoms with Crippen LogP contribution in [0.1, 0.15) is 58.4 Å². The molecule has 8 N–H and O–H groups in total. The summed E-state index contributed by atoms with van der Waals surface area (Å²) in [7, 11) is 0. The van der Waals surface area contributed by atoms with E-state index in [-0.39, 0.29) is 51.6 Å². The Bertz CT molecular complexity index is 2270. The maximum Gasteiger partial charge on any atom is 0.329 e. The molecule has 19 heteroatoms. The summed E-state index contributed by atoms with van der Waals surface area (Å²) < 4.78 is 22.9. The van der Waals surface area contributed by atoms with Gasteiger partial charge in [-0.2, -0.15) is 10.5 Å². The Morgan fingerprint density at radius 1 is 0.803 bits per heavy atom. The highest BCUT2D eigenvalue weighted by Gasteiger charge is 2.32. The summed E-state index contributed by atoms with van der Waals surface area (Å²) in [6, 6.07) is 13.7. The Balaban J connectivity index is 1.55. The van der Waals surface area contributed by atoms with Gasteiger partial charge in [0.25, 0.3) is 0 Å². The molecule has 0 radical (unpaired) electrons. The Morgan fingerprint density at radius 2 is 1.36 bits per heavy atom. The van der Waals surface area contributed by atoms with Crippen LogP contribution in [0.4, 0.5) is 5.82 Å². The third kappa shape index (κ3) is 12.9. The van der Waals surface area contributed by atoms with Gasteiger partial charge in [-0.05, 0) is 67.6 Å². The number of ether oxygens (including phenoxy) is 3. The monoisotopic (exact) mass is 873 g/mol. The molecule has 0 aliphatic rings. The Labute approximate surface area is 362 Å². The first-order valence-corrected chi connectivity index (χ1v) is 20.5. The number of nitrogens with zero attached hydrogens (tertiary/aromatic N) is 4. The zero-order valence-electron chi connectivity index (χ0n) is 34.4. The van der Waals surface area contributed by atoms with E-state index in [2.05, 4.69) is 32.7 Å². The molecule has 4 rings (SSSR count). The number of nitriles is 2. The molecule has 2 aromatic carbocycles. The predicted octanol–water partition coefficient (Wildman–Crippen LogP) is 4.48. The van der Waals surface area contributed by atoms with Crippen LogP contribution in [0, 0.1) is 34.5 Å². The largest absolute Gasteiger partial charge is 0.490 e. The molecule has 0 bridgehead atoms. The Morgan fingerprint density at radius 3 is 1.90 bits per heavy atom. The second-order valence-electron chi connectivity index (χ2n) is 14.7. The molecule has 0 spiro atoms. The van der Waals surface area contributed by atoms with Crippen molar-refractivity contribution in [2.75, 3.05) is 18.9 Å². The van der Waals surface area contributed by atoms with E-state index in [0.29, 0.717) is 22.2 Å². The van der Waals surface area contributed by atoms with Gasteiger partial charge >= 0.3 is 11.9 Å². The van der Waals surface area contributed by atoms with Gasteiger partial charge in [-0.15, -0.1) is 0 Å². The quantitative estimate of drug-likeness (QED) is 0.0641. The predicted molar refractivity (Wildman–Crippen MR) is 227 cm³/mol. The normalized spacial score (nSPS) is 13.5. The molecular weight excluding hydrogens is 826 g/mol. The number of hydrogen-bond donors (Lipinski definition) is 5. The van der Waals surface area contributed by atoms with Gasteiger partial charge in [0.05, 0.1) is 23.3 Å². The number of esters is 2. The molecule has 322 valence electrons. The van der Waals surface area contributed by atoms with Crippen LogP contribution in [0.15, 0.2) is 64.2 Å². The van der Waals surface area contributed by atoms with E-state index >= 15 is 0 Å². The average Bonchev–Trinajstić information content (AvgIpc) is 3.70. The van der Waals surface area contributed by atoms with Crippen LogP contribution in [-0.4, -0.2) is 77.2 Å². The number of oxazole rings is 1. The van der Waals surface area contributed by atoms with Gasteiger partial charge in [0.1, 0.15) is 65.9 Å². The number of aromatic nitrogens is 2. The first-order valence-electron chi connectivity index (χ1n) is 19.1. The van der Waals surface area contributed by atoms with Crippen LogP contribution < -0.4 is 32.6 Å². The van der Waals surface area contributed by atoms with Gasteiger partial charge in [-0.3, -0.25) is 9.59 Å². The fourth-order valence-corrected chi connectivity index (χ4v) is 6.52. The molecule has 0 saturated carbocycles. The summed E-state index contributed by atoms with van der Waals surface area (Å²) in [5.74, 6) is -2.65. The number of nitrogens with one attached hydrogen (secondary N) is 2. The molecule has 0 fully saturated rings. The number of nitrogen functional groups attached to an aromatic ring is 1. The lowest BCUT2D eigenvalue weighted by atomic mass is 9.97. The molecule has 0 aliphatic carbocycles. The highest BCUT2D eigenvalue weighted by molar-refractivity contribution is 7.98. The van der Waals surface area contributed by atoms with Crippen LogP contribution in [0.2, 0.25) is 5.02 Å². The van der Waals surface area contributed by atoms with Crippen LogP contribution >= 0.6 is 23.4 Å². The minimum Gasteiger partial charge on any atom is -0.490 e. The molecule has 2 aromatic heterocycles. The number of rotatable bonds is 19. The third-order valence-electron chi connectivity index (χ3n) is 8.95. The molecule has 61 heavy (non-hydrogen) atoms.